The summed E-state index contributed by atoms with van der Waals surface area (Å²) < 4.78 is 2.21. The first kappa shape index (κ1) is 13.2. The highest BCUT2D eigenvalue weighted by atomic mass is 32.1. The molecule has 0 unspecified atom stereocenters. The average Bonchev–Trinajstić information content (AvgIpc) is 2.95. The third-order valence-corrected chi connectivity index (χ3v) is 3.71. The third kappa shape index (κ3) is 3.40. The van der Waals surface area contributed by atoms with E-state index in [-0.39, 0.29) is 0 Å². The van der Waals surface area contributed by atoms with Gasteiger partial charge in [-0.05, 0) is 13.8 Å². The highest BCUT2D eigenvalue weighted by molar-refractivity contribution is 7.09. The average molecular weight is 264 g/mol. The van der Waals surface area contributed by atoms with Crippen molar-refractivity contribution in [3.8, 4) is 0 Å². The molecule has 2 aromatic rings. The van der Waals surface area contributed by atoms with Crippen LogP contribution in [0.25, 0.3) is 0 Å². The van der Waals surface area contributed by atoms with Crippen LogP contribution < -0.4 is 5.32 Å². The van der Waals surface area contributed by atoms with Crippen molar-refractivity contribution < 1.29 is 0 Å². The van der Waals surface area contributed by atoms with Crippen LogP contribution in [0.1, 0.15) is 30.4 Å². The zero-order chi connectivity index (χ0) is 13.0. The van der Waals surface area contributed by atoms with Crippen molar-refractivity contribution in [2.24, 2.45) is 0 Å². The maximum Gasteiger partial charge on any atom is 0.108 e. The van der Waals surface area contributed by atoms with Crippen LogP contribution in [0.4, 0.5) is 0 Å². The van der Waals surface area contributed by atoms with Gasteiger partial charge in [-0.25, -0.2) is 9.97 Å². The summed E-state index contributed by atoms with van der Waals surface area (Å²) in [7, 11) is 0. The number of aryl methyl sites for hydroxylation is 2. The minimum Gasteiger partial charge on any atom is -0.333 e. The Kier molecular flexibility index (Phi) is 4.49. The number of rotatable bonds is 6. The standard InChI is InChI=1S/C13H20N4S/c1-4-13-14-5-6-17(13)8-10(2)15-7-12-9-18-11(3)16-12/h5-6,9-10,15H,4,7-8H2,1-3H3/t10-/m0/s1. The highest BCUT2D eigenvalue weighted by Gasteiger charge is 2.07. The Labute approximate surface area is 112 Å². The maximum atomic E-state index is 4.45. The normalized spacial score (nSPS) is 12.8. The Morgan fingerprint density at radius 1 is 1.50 bits per heavy atom. The SMILES string of the molecule is CCc1nccn1C[C@H](C)NCc1csc(C)n1. The summed E-state index contributed by atoms with van der Waals surface area (Å²) >= 11 is 1.70. The van der Waals surface area contributed by atoms with E-state index >= 15 is 0 Å². The van der Waals surface area contributed by atoms with Crippen LogP contribution >= 0.6 is 11.3 Å². The third-order valence-electron chi connectivity index (χ3n) is 2.89. The summed E-state index contributed by atoms with van der Waals surface area (Å²) in [5.41, 5.74) is 1.13. The summed E-state index contributed by atoms with van der Waals surface area (Å²) in [6.07, 6.45) is 4.89. The molecule has 0 amide bonds. The molecule has 18 heavy (non-hydrogen) atoms. The van der Waals surface area contributed by atoms with E-state index in [9.17, 15) is 0 Å². The quantitative estimate of drug-likeness (QED) is 0.871. The van der Waals surface area contributed by atoms with Crippen LogP contribution in [0.5, 0.6) is 0 Å². The lowest BCUT2D eigenvalue weighted by Gasteiger charge is -2.15. The number of aromatic nitrogens is 3. The molecule has 0 saturated heterocycles. The molecule has 0 bridgehead atoms. The molecule has 0 aliphatic rings. The molecule has 0 saturated carbocycles. The molecule has 4 nitrogen and oxygen atoms in total. The molecule has 5 heteroatoms. The summed E-state index contributed by atoms with van der Waals surface area (Å²) in [6.45, 7) is 8.15. The van der Waals surface area contributed by atoms with Gasteiger partial charge in [0.15, 0.2) is 0 Å². The Morgan fingerprint density at radius 3 is 3.00 bits per heavy atom. The zero-order valence-corrected chi connectivity index (χ0v) is 12.0. The van der Waals surface area contributed by atoms with Gasteiger partial charge >= 0.3 is 0 Å². The number of hydrogen-bond donors (Lipinski definition) is 1. The molecule has 98 valence electrons. The monoisotopic (exact) mass is 264 g/mol. The summed E-state index contributed by atoms with van der Waals surface area (Å²) in [5.74, 6) is 1.15. The summed E-state index contributed by atoms with van der Waals surface area (Å²) in [4.78, 5) is 8.78. The number of hydrogen-bond acceptors (Lipinski definition) is 4. The van der Waals surface area contributed by atoms with Gasteiger partial charge in [0, 0.05) is 43.3 Å². The smallest absolute Gasteiger partial charge is 0.108 e. The fourth-order valence-corrected chi connectivity index (χ4v) is 2.56. The molecule has 2 rings (SSSR count). The van der Waals surface area contributed by atoms with E-state index < -0.39 is 0 Å². The molecule has 0 spiro atoms. The minimum atomic E-state index is 0.409. The van der Waals surface area contributed by atoms with Gasteiger partial charge in [-0.15, -0.1) is 11.3 Å². The van der Waals surface area contributed by atoms with Gasteiger partial charge in [0.2, 0.25) is 0 Å². The molecule has 0 aliphatic heterocycles. The molecule has 0 fully saturated rings. The van der Waals surface area contributed by atoms with Crippen molar-refractivity contribution in [2.75, 3.05) is 0 Å². The predicted octanol–water partition coefficient (Wildman–Crippen LogP) is 2.39. The molecule has 2 heterocycles. The second-order valence-electron chi connectivity index (χ2n) is 4.49. The number of thiazole rings is 1. The number of nitrogens with one attached hydrogen (secondary N) is 1. The van der Waals surface area contributed by atoms with E-state index in [0.29, 0.717) is 6.04 Å². The number of imidazole rings is 1. The minimum absolute atomic E-state index is 0.409. The van der Waals surface area contributed by atoms with Gasteiger partial charge in [0.25, 0.3) is 0 Å². The lowest BCUT2D eigenvalue weighted by Crippen LogP contribution is -2.30. The van der Waals surface area contributed by atoms with Gasteiger partial charge in [-0.2, -0.15) is 0 Å². The van der Waals surface area contributed by atoms with E-state index in [0.717, 1.165) is 36.0 Å². The van der Waals surface area contributed by atoms with Gasteiger partial charge in [0.1, 0.15) is 5.82 Å². The lowest BCUT2D eigenvalue weighted by molar-refractivity contribution is 0.465. The topological polar surface area (TPSA) is 42.7 Å². The second-order valence-corrected chi connectivity index (χ2v) is 5.55. The maximum absolute atomic E-state index is 4.45. The fourth-order valence-electron chi connectivity index (χ4n) is 1.95. The highest BCUT2D eigenvalue weighted by Crippen LogP contribution is 2.08. The molecular weight excluding hydrogens is 244 g/mol. The van der Waals surface area contributed by atoms with E-state index in [1.54, 1.807) is 11.3 Å². The first-order valence-corrected chi connectivity index (χ1v) is 7.21. The van der Waals surface area contributed by atoms with Gasteiger partial charge in [-0.1, -0.05) is 6.92 Å². The van der Waals surface area contributed by atoms with Gasteiger partial charge in [-0.3, -0.25) is 0 Å². The van der Waals surface area contributed by atoms with Gasteiger partial charge in [0.05, 0.1) is 10.7 Å². The van der Waals surface area contributed by atoms with Crippen LogP contribution in [-0.4, -0.2) is 20.6 Å². The Hall–Kier alpha value is -1.20. The van der Waals surface area contributed by atoms with E-state index in [4.69, 9.17) is 0 Å². The van der Waals surface area contributed by atoms with Crippen molar-refractivity contribution in [2.45, 2.75) is 46.3 Å². The zero-order valence-electron chi connectivity index (χ0n) is 11.2. The van der Waals surface area contributed by atoms with Crippen LogP contribution in [0.3, 0.4) is 0 Å². The summed E-state index contributed by atoms with van der Waals surface area (Å²) in [5, 5.41) is 6.74. The van der Waals surface area contributed by atoms with E-state index in [1.165, 1.54) is 0 Å². The van der Waals surface area contributed by atoms with Crippen molar-refractivity contribution in [3.05, 3.63) is 34.3 Å². The van der Waals surface area contributed by atoms with Crippen LogP contribution in [-0.2, 0) is 19.5 Å². The van der Waals surface area contributed by atoms with Crippen molar-refractivity contribution in [1.29, 1.82) is 0 Å². The molecule has 0 aromatic carbocycles. The van der Waals surface area contributed by atoms with Crippen LogP contribution in [0.2, 0.25) is 0 Å². The molecular formula is C13H20N4S. The molecule has 2 aromatic heterocycles. The Morgan fingerprint density at radius 2 is 2.33 bits per heavy atom. The fraction of sp³-hybridized carbons (Fsp3) is 0.538. The first-order chi connectivity index (χ1) is 8.69. The van der Waals surface area contributed by atoms with E-state index in [2.05, 4.69) is 39.1 Å². The molecule has 0 radical (unpaired) electrons. The Balaban J connectivity index is 1.83. The molecule has 1 N–H and O–H groups in total. The van der Waals surface area contributed by atoms with Crippen molar-refractivity contribution >= 4 is 11.3 Å². The number of nitrogens with zero attached hydrogens (tertiary/aromatic N) is 3. The van der Waals surface area contributed by atoms with Crippen molar-refractivity contribution in [1.82, 2.24) is 19.9 Å². The Bertz CT molecular complexity index is 489. The van der Waals surface area contributed by atoms with Crippen LogP contribution in [0.15, 0.2) is 17.8 Å². The molecule has 1 atom stereocenters. The van der Waals surface area contributed by atoms with Crippen LogP contribution in [0, 0.1) is 6.92 Å². The second kappa shape index (κ2) is 6.11. The van der Waals surface area contributed by atoms with E-state index in [1.807, 2.05) is 19.3 Å². The predicted molar refractivity (Wildman–Crippen MR) is 74.8 cm³/mol. The first-order valence-electron chi connectivity index (χ1n) is 6.33. The summed E-state index contributed by atoms with van der Waals surface area (Å²) in [6, 6.07) is 0.409. The van der Waals surface area contributed by atoms with Gasteiger partial charge < -0.3 is 9.88 Å². The lowest BCUT2D eigenvalue weighted by atomic mass is 10.3. The largest absolute Gasteiger partial charge is 0.333 e. The van der Waals surface area contributed by atoms with Crippen molar-refractivity contribution in [3.63, 3.8) is 0 Å². The molecule has 0 aliphatic carbocycles.